The van der Waals surface area contributed by atoms with Crippen molar-refractivity contribution in [2.75, 3.05) is 19.0 Å². The van der Waals surface area contributed by atoms with E-state index in [4.69, 9.17) is 27.9 Å². The molecule has 1 N–H and O–H groups in total. The maximum atomic E-state index is 13.3. The first-order chi connectivity index (χ1) is 15.8. The number of nitrogens with zero attached hydrogens (tertiary/aromatic N) is 2. The van der Waals surface area contributed by atoms with Crippen LogP contribution >= 0.6 is 34.5 Å². The van der Waals surface area contributed by atoms with Gasteiger partial charge in [0.05, 0.1) is 22.8 Å². The summed E-state index contributed by atoms with van der Waals surface area (Å²) in [6.45, 7) is 0.220. The van der Waals surface area contributed by atoms with Gasteiger partial charge in [0.25, 0.3) is 0 Å². The van der Waals surface area contributed by atoms with E-state index < -0.39 is 22.0 Å². The molecule has 2 aromatic carbocycles. The minimum Gasteiger partial charge on any atom is -0.497 e. The number of sulfonamides is 1. The van der Waals surface area contributed by atoms with Gasteiger partial charge in [-0.15, -0.1) is 11.3 Å². The summed E-state index contributed by atoms with van der Waals surface area (Å²) in [5.41, 5.74) is 1.59. The van der Waals surface area contributed by atoms with Crippen LogP contribution < -0.4 is 10.1 Å². The van der Waals surface area contributed by atoms with Crippen LogP contribution in [0, 0.1) is 0 Å². The van der Waals surface area contributed by atoms with Gasteiger partial charge in [-0.05, 0) is 49.2 Å². The largest absolute Gasteiger partial charge is 0.497 e. The molecule has 1 aromatic heterocycles. The van der Waals surface area contributed by atoms with E-state index in [9.17, 15) is 13.2 Å². The Balaban J connectivity index is 1.54. The van der Waals surface area contributed by atoms with Crippen molar-refractivity contribution >= 4 is 55.6 Å². The van der Waals surface area contributed by atoms with E-state index in [-0.39, 0.29) is 21.5 Å². The second-order valence-electron chi connectivity index (χ2n) is 7.43. The summed E-state index contributed by atoms with van der Waals surface area (Å²) in [5, 5.41) is 5.11. The Morgan fingerprint density at radius 1 is 1.18 bits per heavy atom. The van der Waals surface area contributed by atoms with Crippen LogP contribution in [0.15, 0.2) is 52.7 Å². The number of nitrogens with one attached hydrogen (secondary N) is 1. The number of halogens is 2. The Kier molecular flexibility index (Phi) is 7.25. The summed E-state index contributed by atoms with van der Waals surface area (Å²) in [7, 11) is -2.42. The van der Waals surface area contributed by atoms with E-state index in [2.05, 4.69) is 10.3 Å². The Bertz CT molecular complexity index is 1260. The summed E-state index contributed by atoms with van der Waals surface area (Å²) >= 11 is 13.5. The Morgan fingerprint density at radius 3 is 2.67 bits per heavy atom. The summed E-state index contributed by atoms with van der Waals surface area (Å²) in [5.74, 6) is 0.313. The molecule has 11 heteroatoms. The second kappa shape index (κ2) is 9.99. The van der Waals surface area contributed by atoms with Crippen LogP contribution in [0.3, 0.4) is 0 Å². The van der Waals surface area contributed by atoms with Gasteiger partial charge in [0.15, 0.2) is 5.13 Å². The van der Waals surface area contributed by atoms with Gasteiger partial charge in [-0.1, -0.05) is 35.7 Å². The fourth-order valence-electron chi connectivity index (χ4n) is 3.68. The third-order valence-corrected chi connectivity index (χ3v) is 9.02. The number of methoxy groups -OCH3 is 1. The van der Waals surface area contributed by atoms with E-state index >= 15 is 0 Å². The topological polar surface area (TPSA) is 88.6 Å². The van der Waals surface area contributed by atoms with Gasteiger partial charge in [0.2, 0.25) is 15.9 Å². The molecule has 174 valence electrons. The van der Waals surface area contributed by atoms with Gasteiger partial charge in [-0.2, -0.15) is 4.31 Å². The molecule has 0 bridgehead atoms. The number of hydrogen-bond donors (Lipinski definition) is 1. The molecule has 1 fully saturated rings. The quantitative estimate of drug-likeness (QED) is 0.471. The highest BCUT2D eigenvalue weighted by Crippen LogP contribution is 2.34. The van der Waals surface area contributed by atoms with Crippen LogP contribution in [0.2, 0.25) is 10.0 Å². The lowest BCUT2D eigenvalue weighted by Gasteiger charge is -2.33. The van der Waals surface area contributed by atoms with Gasteiger partial charge in [-0.25, -0.2) is 13.4 Å². The molecular weight excluding hydrogens is 505 g/mol. The zero-order valence-electron chi connectivity index (χ0n) is 17.6. The third-order valence-electron chi connectivity index (χ3n) is 5.38. The molecule has 7 nitrogen and oxygen atoms in total. The molecule has 1 atom stereocenters. The van der Waals surface area contributed by atoms with Crippen molar-refractivity contribution in [3.8, 4) is 17.0 Å². The smallest absolute Gasteiger partial charge is 0.245 e. The van der Waals surface area contributed by atoms with Crippen molar-refractivity contribution < 1.29 is 17.9 Å². The van der Waals surface area contributed by atoms with Crippen molar-refractivity contribution in [3.05, 3.63) is 57.9 Å². The van der Waals surface area contributed by atoms with Crippen molar-refractivity contribution in [1.82, 2.24) is 9.29 Å². The van der Waals surface area contributed by atoms with E-state index in [1.165, 1.54) is 33.8 Å². The maximum Gasteiger partial charge on any atom is 0.245 e. The number of piperidine rings is 1. The van der Waals surface area contributed by atoms with Crippen molar-refractivity contribution in [2.24, 2.45) is 0 Å². The number of hydrogen-bond acceptors (Lipinski definition) is 6. The number of benzene rings is 2. The Morgan fingerprint density at radius 2 is 1.94 bits per heavy atom. The molecule has 1 aliphatic heterocycles. The number of carbonyl (C=O) groups is 1. The van der Waals surface area contributed by atoms with Crippen LogP contribution in [-0.2, 0) is 14.8 Å². The number of carbonyl (C=O) groups excluding carboxylic acids is 1. The lowest BCUT2D eigenvalue weighted by atomic mass is 10.0. The monoisotopic (exact) mass is 525 g/mol. The molecule has 0 unspecified atom stereocenters. The third kappa shape index (κ3) is 5.02. The average Bonchev–Trinajstić information content (AvgIpc) is 3.29. The normalized spacial score (nSPS) is 17.0. The second-order valence-corrected chi connectivity index (χ2v) is 10.9. The van der Waals surface area contributed by atoms with E-state index in [0.717, 1.165) is 17.7 Å². The molecule has 0 saturated carbocycles. The minimum atomic E-state index is -4.02. The number of amides is 1. The molecule has 0 aliphatic carbocycles. The lowest BCUT2D eigenvalue weighted by Crippen LogP contribution is -2.49. The first-order valence-corrected chi connectivity index (χ1v) is 13.3. The summed E-state index contributed by atoms with van der Waals surface area (Å²) < 4.78 is 33.1. The molecule has 1 saturated heterocycles. The van der Waals surface area contributed by atoms with Gasteiger partial charge in [0.1, 0.15) is 16.7 Å². The van der Waals surface area contributed by atoms with Gasteiger partial charge < -0.3 is 10.1 Å². The molecule has 1 aliphatic rings. The van der Waals surface area contributed by atoms with Crippen LogP contribution in [0.4, 0.5) is 5.13 Å². The summed E-state index contributed by atoms with van der Waals surface area (Å²) in [4.78, 5) is 17.5. The van der Waals surface area contributed by atoms with Gasteiger partial charge >= 0.3 is 0 Å². The molecule has 0 radical (unpaired) electrons. The highest BCUT2D eigenvalue weighted by Gasteiger charge is 2.39. The van der Waals surface area contributed by atoms with Gasteiger partial charge in [0, 0.05) is 17.5 Å². The van der Waals surface area contributed by atoms with Crippen LogP contribution in [0.25, 0.3) is 11.3 Å². The molecule has 33 heavy (non-hydrogen) atoms. The highest BCUT2D eigenvalue weighted by atomic mass is 35.5. The minimum absolute atomic E-state index is 0.0482. The Labute approximate surface area is 206 Å². The van der Waals surface area contributed by atoms with E-state index in [0.29, 0.717) is 23.7 Å². The van der Waals surface area contributed by atoms with Crippen LogP contribution in [0.1, 0.15) is 19.3 Å². The zero-order valence-corrected chi connectivity index (χ0v) is 20.8. The number of ether oxygens (including phenoxy) is 1. The molecule has 4 rings (SSSR count). The van der Waals surface area contributed by atoms with Crippen LogP contribution in [-0.4, -0.2) is 43.3 Å². The predicted molar refractivity (Wildman–Crippen MR) is 131 cm³/mol. The fraction of sp³-hybridized carbons (Fsp3) is 0.273. The first kappa shape index (κ1) is 24.0. The molecule has 0 spiro atoms. The average molecular weight is 526 g/mol. The van der Waals surface area contributed by atoms with Crippen molar-refractivity contribution in [3.63, 3.8) is 0 Å². The SMILES string of the molecule is COc1ccc(-c2csc(NC(=O)[C@H]3CCCCN3S(=O)(=O)c3cccc(Cl)c3Cl)n2)cc1. The van der Waals surface area contributed by atoms with Gasteiger partial charge in [-0.3, -0.25) is 4.79 Å². The molecular formula is C22H21Cl2N3O4S2. The maximum absolute atomic E-state index is 13.3. The van der Waals surface area contributed by atoms with E-state index in [1.54, 1.807) is 7.11 Å². The first-order valence-electron chi connectivity index (χ1n) is 10.2. The zero-order chi connectivity index (χ0) is 23.6. The molecule has 3 aromatic rings. The van der Waals surface area contributed by atoms with Crippen LogP contribution in [0.5, 0.6) is 5.75 Å². The summed E-state index contributed by atoms with van der Waals surface area (Å²) in [6.07, 6.45) is 1.79. The Hall–Kier alpha value is -2.17. The fourth-order valence-corrected chi connectivity index (χ4v) is 6.80. The summed E-state index contributed by atoms with van der Waals surface area (Å²) in [6, 6.07) is 11.0. The number of thiazole rings is 1. The molecule has 1 amide bonds. The standard InChI is InChI=1S/C22H21Cl2N3O4S2/c1-31-15-10-8-14(9-11-15)17-13-32-22(25-17)26-21(28)18-6-2-3-12-27(18)33(29,30)19-7-4-5-16(23)20(19)24/h4-5,7-11,13,18H,2-3,6,12H2,1H3,(H,25,26,28)/t18-/m1/s1. The lowest BCUT2D eigenvalue weighted by molar-refractivity contribution is -0.120. The number of aromatic nitrogens is 1. The van der Waals surface area contributed by atoms with Crippen molar-refractivity contribution in [1.29, 1.82) is 0 Å². The molecule has 2 heterocycles. The number of rotatable bonds is 6. The van der Waals surface area contributed by atoms with Crippen molar-refractivity contribution in [2.45, 2.75) is 30.2 Å². The van der Waals surface area contributed by atoms with E-state index in [1.807, 2.05) is 29.6 Å². The predicted octanol–water partition coefficient (Wildman–Crippen LogP) is 5.31. The number of anilines is 1. The highest BCUT2D eigenvalue weighted by molar-refractivity contribution is 7.89.